The highest BCUT2D eigenvalue weighted by Crippen LogP contribution is 2.40. The molecule has 0 fully saturated rings. The van der Waals surface area contributed by atoms with Gasteiger partial charge in [0.15, 0.2) is 0 Å². The van der Waals surface area contributed by atoms with Crippen LogP contribution in [0.5, 0.6) is 0 Å². The van der Waals surface area contributed by atoms with Gasteiger partial charge in [-0.15, -0.1) is 0 Å². The second kappa shape index (κ2) is 31.7. The quantitative estimate of drug-likeness (QED) is 0.0693. The summed E-state index contributed by atoms with van der Waals surface area (Å²) in [6, 6.07) is 0. The fourth-order valence-electron chi connectivity index (χ4n) is 4.40. The Morgan fingerprint density at radius 2 is 1.00 bits per heavy atom. The van der Waals surface area contributed by atoms with E-state index in [2.05, 4.69) is 48.8 Å². The fourth-order valence-corrected chi connectivity index (χ4v) is 6.70. The number of nitrogens with one attached hydrogen (secondary N) is 1. The molecule has 252 valence electrons. The molecule has 0 saturated carbocycles. The van der Waals surface area contributed by atoms with Crippen molar-refractivity contribution < 1.29 is 33.2 Å². The van der Waals surface area contributed by atoms with Crippen molar-refractivity contribution in [3.05, 3.63) is 0 Å². The Balaban J connectivity index is -0.000000745. The molecule has 0 amide bonds. The van der Waals surface area contributed by atoms with E-state index in [1.54, 1.807) is 0 Å². The molecule has 0 rings (SSSR count). The Labute approximate surface area is 256 Å². The highest BCUT2D eigenvalue weighted by atomic mass is 31.2. The minimum Gasteiger partial charge on any atom is -0.778 e. The molecule has 3 atom stereocenters. The van der Waals surface area contributed by atoms with E-state index in [1.165, 1.54) is 56.3 Å². The van der Waals surface area contributed by atoms with Gasteiger partial charge in [-0.1, -0.05) is 137 Å². The van der Waals surface area contributed by atoms with E-state index in [0.29, 0.717) is 12.5 Å². The second-order valence-corrected chi connectivity index (χ2v) is 16.0. The van der Waals surface area contributed by atoms with Gasteiger partial charge >= 0.3 is 7.60 Å². The summed E-state index contributed by atoms with van der Waals surface area (Å²) in [6.07, 6.45) is 22.2. The maximum absolute atomic E-state index is 12.0. The molecule has 0 aliphatic heterocycles. The molecule has 0 heterocycles. The summed E-state index contributed by atoms with van der Waals surface area (Å²) in [5.74, 6) is 0.588. The number of hydrogen-bond donors (Lipinski definition) is 3. The van der Waals surface area contributed by atoms with E-state index in [0.717, 1.165) is 70.6 Å². The van der Waals surface area contributed by atoms with Gasteiger partial charge in [0, 0.05) is 6.16 Å². The van der Waals surface area contributed by atoms with Crippen LogP contribution in [0.4, 0.5) is 0 Å². The van der Waals surface area contributed by atoms with Gasteiger partial charge in [-0.3, -0.25) is 4.57 Å². The van der Waals surface area contributed by atoms with E-state index < -0.39 is 15.2 Å². The summed E-state index contributed by atoms with van der Waals surface area (Å²) >= 11 is 0. The van der Waals surface area contributed by atoms with Crippen molar-refractivity contribution in [3.63, 3.8) is 0 Å². The molecule has 3 unspecified atom stereocenters. The summed E-state index contributed by atoms with van der Waals surface area (Å²) in [7, 11) is -1.15. The first-order valence-corrected chi connectivity index (χ1v) is 20.6. The number of hydrogen-bond acceptors (Lipinski definition) is 4. The van der Waals surface area contributed by atoms with Crippen LogP contribution < -0.4 is 9.79 Å². The smallest absolute Gasteiger partial charge is 0.325 e. The van der Waals surface area contributed by atoms with Crippen LogP contribution in [0.15, 0.2) is 0 Å². The Morgan fingerprint density at radius 3 is 1.37 bits per heavy atom. The lowest BCUT2D eigenvalue weighted by Crippen LogP contribution is -3.02. The number of rotatable bonds is 25. The van der Waals surface area contributed by atoms with Gasteiger partial charge in [0.1, 0.15) is 7.60 Å². The predicted molar refractivity (Wildman–Crippen MR) is 177 cm³/mol. The Bertz CT molecular complexity index is 612. The second-order valence-electron chi connectivity index (χ2n) is 12.3. The van der Waals surface area contributed by atoms with Crippen LogP contribution in [0.1, 0.15) is 157 Å². The Hall–Kier alpha value is 0.260. The molecular weight excluding hydrogens is 556 g/mol. The third-order valence-electron chi connectivity index (χ3n) is 7.13. The highest BCUT2D eigenvalue weighted by Gasteiger charge is 2.19. The summed E-state index contributed by atoms with van der Waals surface area (Å²) in [4.78, 5) is 30.9. The van der Waals surface area contributed by atoms with E-state index in [9.17, 15) is 14.0 Å². The average Bonchev–Trinajstić information content (AvgIpc) is 2.89. The maximum atomic E-state index is 12.0. The van der Waals surface area contributed by atoms with Gasteiger partial charge in [0.2, 0.25) is 0 Å². The van der Waals surface area contributed by atoms with Crippen LogP contribution in [-0.4, -0.2) is 49.9 Å². The Morgan fingerprint density at radius 1 is 0.634 bits per heavy atom. The lowest BCUT2D eigenvalue weighted by atomic mass is 10.0. The molecule has 9 heteroatoms. The molecule has 0 aliphatic carbocycles. The molecule has 0 radical (unpaired) electrons. The SMILES string of the molecule is CCCCC(CC)CP(=O)(O)O.CCCCCCCCCCCCCP(=O)([O-])OCC(CC)CCCC.C[NH+](C)C. The van der Waals surface area contributed by atoms with Crippen molar-refractivity contribution in [2.24, 2.45) is 11.8 Å². The lowest BCUT2D eigenvalue weighted by molar-refractivity contribution is -0.836. The molecule has 0 aromatic carbocycles. The average molecular weight is 630 g/mol. The molecule has 0 bridgehead atoms. The molecule has 0 aromatic rings. The van der Waals surface area contributed by atoms with Crippen molar-refractivity contribution in [3.8, 4) is 0 Å². The minimum absolute atomic E-state index is 0.0590. The molecule has 0 spiro atoms. The van der Waals surface area contributed by atoms with E-state index in [-0.39, 0.29) is 18.2 Å². The highest BCUT2D eigenvalue weighted by molar-refractivity contribution is 7.51. The molecule has 41 heavy (non-hydrogen) atoms. The zero-order chi connectivity index (χ0) is 32.0. The third kappa shape index (κ3) is 42.5. The molecule has 0 saturated heterocycles. The summed E-state index contributed by atoms with van der Waals surface area (Å²) in [6.45, 7) is 11.0. The van der Waals surface area contributed by atoms with Crippen LogP contribution in [0.25, 0.3) is 0 Å². The van der Waals surface area contributed by atoms with Gasteiger partial charge in [-0.05, 0) is 31.1 Å². The number of unbranched alkanes of at least 4 members (excludes halogenated alkanes) is 12. The number of quaternary nitrogens is 1. The molecule has 3 N–H and O–H groups in total. The van der Waals surface area contributed by atoms with Crippen LogP contribution in [0, 0.1) is 11.8 Å². The zero-order valence-electron chi connectivity index (χ0n) is 28.6. The first-order chi connectivity index (χ1) is 19.3. The first kappa shape index (κ1) is 45.7. The summed E-state index contributed by atoms with van der Waals surface area (Å²) < 4.78 is 27.9. The fraction of sp³-hybridized carbons (Fsp3) is 1.00. The van der Waals surface area contributed by atoms with Crippen molar-refractivity contribution in [1.29, 1.82) is 0 Å². The molecule has 0 aromatic heterocycles. The van der Waals surface area contributed by atoms with Crippen molar-refractivity contribution in [2.75, 3.05) is 40.1 Å². The van der Waals surface area contributed by atoms with Crippen LogP contribution in [0.2, 0.25) is 0 Å². The van der Waals surface area contributed by atoms with Crippen molar-refractivity contribution in [1.82, 2.24) is 0 Å². The van der Waals surface area contributed by atoms with Crippen molar-refractivity contribution >= 4 is 15.2 Å². The molecule has 0 aliphatic rings. The van der Waals surface area contributed by atoms with Crippen LogP contribution in [-0.2, 0) is 13.7 Å². The van der Waals surface area contributed by atoms with Crippen LogP contribution >= 0.6 is 15.2 Å². The molecule has 7 nitrogen and oxygen atoms in total. The lowest BCUT2D eigenvalue weighted by Gasteiger charge is -2.26. The summed E-state index contributed by atoms with van der Waals surface area (Å²) in [5.41, 5.74) is 0. The third-order valence-corrected chi connectivity index (χ3v) is 9.52. The largest absolute Gasteiger partial charge is 0.778 e. The van der Waals surface area contributed by atoms with Crippen LogP contribution in [0.3, 0.4) is 0 Å². The summed E-state index contributed by atoms with van der Waals surface area (Å²) in [5, 5.41) is 0. The van der Waals surface area contributed by atoms with E-state index in [4.69, 9.17) is 14.3 Å². The van der Waals surface area contributed by atoms with Gasteiger partial charge in [-0.25, -0.2) is 0 Å². The normalized spacial score (nSPS) is 14.4. The van der Waals surface area contributed by atoms with Gasteiger partial charge in [0.25, 0.3) is 0 Å². The molecular formula is C32H73NO6P2. The minimum atomic E-state index is -3.78. The van der Waals surface area contributed by atoms with Gasteiger partial charge in [0.05, 0.1) is 33.9 Å². The standard InChI is InChI=1S/C21H45O3P.C8H19O3P.C3H9N/c1-4-7-9-10-11-12-13-14-15-16-17-19-25(22,23)24-20-21(6-3)18-8-5-2;1-3-5-6-8(4-2)7-12(9,10)11;1-4(2)3/h21H,4-20H2,1-3H3,(H,22,23);8H,3-7H2,1-2H3,(H2,9,10,11);1-3H3. The first-order valence-electron chi connectivity index (χ1n) is 17.0. The van der Waals surface area contributed by atoms with Crippen molar-refractivity contribution in [2.45, 2.75) is 157 Å². The topological polar surface area (TPSA) is 111 Å². The Kier molecular flexibility index (Phi) is 35.3. The predicted octanol–water partition coefficient (Wildman–Crippen LogP) is 8.23. The zero-order valence-corrected chi connectivity index (χ0v) is 30.4. The maximum Gasteiger partial charge on any atom is 0.325 e. The van der Waals surface area contributed by atoms with Gasteiger partial charge < -0.3 is 28.7 Å². The van der Waals surface area contributed by atoms with E-state index in [1.807, 2.05) is 6.92 Å². The van der Waals surface area contributed by atoms with E-state index >= 15 is 0 Å². The van der Waals surface area contributed by atoms with Gasteiger partial charge in [-0.2, -0.15) is 0 Å². The monoisotopic (exact) mass is 629 g/mol.